The molecule has 0 bridgehead atoms. The second kappa shape index (κ2) is 2.81. The highest BCUT2D eigenvalue weighted by atomic mass is 32.1. The first-order chi connectivity index (χ1) is 5.36. The highest BCUT2D eigenvalue weighted by Gasteiger charge is 2.17. The molecule has 0 unspecified atom stereocenters. The zero-order valence-corrected chi connectivity index (χ0v) is 7.21. The van der Waals surface area contributed by atoms with Crippen molar-refractivity contribution in [2.75, 3.05) is 0 Å². The van der Waals surface area contributed by atoms with Gasteiger partial charge in [-0.15, -0.1) is 0 Å². The molecule has 0 atom stereocenters. The van der Waals surface area contributed by atoms with E-state index in [1.54, 1.807) is 0 Å². The predicted molar refractivity (Wildman–Crippen MR) is 47.2 cm³/mol. The standard InChI is InChI=1S/C8H12N2S/c11-8-5-7(9-10-8)6-3-1-2-4-6/h5-6H,1-4H2,(H2,9,10,11). The quantitative estimate of drug-likeness (QED) is 0.621. The van der Waals surface area contributed by atoms with Gasteiger partial charge in [-0.05, 0) is 18.9 Å². The molecule has 2 N–H and O–H groups in total. The van der Waals surface area contributed by atoms with Crippen molar-refractivity contribution >= 4 is 12.2 Å². The van der Waals surface area contributed by atoms with E-state index >= 15 is 0 Å². The Bertz CT molecular complexity index is 280. The maximum atomic E-state index is 4.98. The van der Waals surface area contributed by atoms with Crippen LogP contribution in [0.2, 0.25) is 0 Å². The van der Waals surface area contributed by atoms with E-state index in [-0.39, 0.29) is 0 Å². The van der Waals surface area contributed by atoms with Crippen molar-refractivity contribution in [2.24, 2.45) is 0 Å². The van der Waals surface area contributed by atoms with Gasteiger partial charge in [-0.1, -0.05) is 25.1 Å². The van der Waals surface area contributed by atoms with Crippen LogP contribution < -0.4 is 0 Å². The molecule has 1 heterocycles. The van der Waals surface area contributed by atoms with Crippen molar-refractivity contribution in [3.8, 4) is 0 Å². The summed E-state index contributed by atoms with van der Waals surface area (Å²) in [7, 11) is 0. The molecule has 0 radical (unpaired) electrons. The van der Waals surface area contributed by atoms with Crippen LogP contribution in [-0.2, 0) is 0 Å². The predicted octanol–water partition coefficient (Wildman–Crippen LogP) is 2.73. The largest absolute Gasteiger partial charge is 0.304 e. The fraction of sp³-hybridized carbons (Fsp3) is 0.625. The molecule has 0 amide bonds. The molecule has 11 heavy (non-hydrogen) atoms. The number of aromatic nitrogens is 2. The molecule has 1 aromatic heterocycles. The molecule has 60 valence electrons. The molecule has 3 heteroatoms. The highest BCUT2D eigenvalue weighted by molar-refractivity contribution is 7.71. The van der Waals surface area contributed by atoms with E-state index in [2.05, 4.69) is 10.2 Å². The summed E-state index contributed by atoms with van der Waals surface area (Å²) in [6, 6.07) is 2.05. The third-order valence-corrected chi connectivity index (χ3v) is 2.63. The van der Waals surface area contributed by atoms with Crippen LogP contribution in [0.3, 0.4) is 0 Å². The molecule has 0 aliphatic heterocycles. The van der Waals surface area contributed by atoms with Gasteiger partial charge < -0.3 is 5.10 Å². The smallest absolute Gasteiger partial charge is 0.119 e. The lowest BCUT2D eigenvalue weighted by Gasteiger charge is -2.03. The first-order valence-corrected chi connectivity index (χ1v) is 4.54. The number of hydrogen-bond donors (Lipinski definition) is 2. The van der Waals surface area contributed by atoms with Gasteiger partial charge in [0.15, 0.2) is 0 Å². The molecule has 1 aliphatic rings. The van der Waals surface area contributed by atoms with Crippen molar-refractivity contribution in [3.63, 3.8) is 0 Å². The summed E-state index contributed by atoms with van der Waals surface area (Å²) in [6.45, 7) is 0. The minimum absolute atomic E-state index is 0.739. The van der Waals surface area contributed by atoms with E-state index in [4.69, 9.17) is 12.2 Å². The number of hydrogen-bond acceptors (Lipinski definition) is 1. The maximum Gasteiger partial charge on any atom is 0.119 e. The molecular formula is C8H12N2S. The van der Waals surface area contributed by atoms with Crippen LogP contribution >= 0.6 is 12.2 Å². The van der Waals surface area contributed by atoms with Crippen LogP contribution in [0.1, 0.15) is 37.3 Å². The van der Waals surface area contributed by atoms with E-state index in [0.717, 1.165) is 10.6 Å². The lowest BCUT2D eigenvalue weighted by atomic mass is 10.1. The van der Waals surface area contributed by atoms with E-state index < -0.39 is 0 Å². The van der Waals surface area contributed by atoms with Crippen LogP contribution in [0.15, 0.2) is 6.07 Å². The first kappa shape index (κ1) is 7.10. The Hall–Kier alpha value is -0.570. The Morgan fingerprint density at radius 3 is 2.55 bits per heavy atom. The van der Waals surface area contributed by atoms with E-state index in [9.17, 15) is 0 Å². The number of nitrogens with one attached hydrogen (secondary N) is 2. The van der Waals surface area contributed by atoms with Crippen molar-refractivity contribution in [2.45, 2.75) is 31.6 Å². The number of rotatable bonds is 1. The molecule has 1 saturated carbocycles. The molecule has 2 rings (SSSR count). The Balaban J connectivity index is 2.21. The molecule has 0 aromatic carbocycles. The van der Waals surface area contributed by atoms with Gasteiger partial charge in [0.05, 0.1) is 0 Å². The van der Waals surface area contributed by atoms with E-state index in [0.29, 0.717) is 0 Å². The summed E-state index contributed by atoms with van der Waals surface area (Å²) in [6.07, 6.45) is 5.39. The van der Waals surface area contributed by atoms with Gasteiger partial charge in [0, 0.05) is 11.6 Å². The molecule has 0 spiro atoms. The summed E-state index contributed by atoms with van der Waals surface area (Å²) >= 11 is 4.98. The molecule has 1 fully saturated rings. The summed E-state index contributed by atoms with van der Waals surface area (Å²) in [5, 5.41) is 6.05. The lowest BCUT2D eigenvalue weighted by Crippen LogP contribution is -1.91. The van der Waals surface area contributed by atoms with Gasteiger partial charge in [0.25, 0.3) is 0 Å². The monoisotopic (exact) mass is 168 g/mol. The minimum Gasteiger partial charge on any atom is -0.304 e. The third kappa shape index (κ3) is 1.38. The number of H-pyrrole nitrogens is 2. The molecule has 1 aromatic rings. The van der Waals surface area contributed by atoms with Gasteiger partial charge >= 0.3 is 0 Å². The van der Waals surface area contributed by atoms with Gasteiger partial charge in [0.1, 0.15) is 4.64 Å². The van der Waals surface area contributed by atoms with Crippen molar-refractivity contribution in [3.05, 3.63) is 16.4 Å². The van der Waals surface area contributed by atoms with Crippen LogP contribution in [-0.4, -0.2) is 10.2 Å². The summed E-state index contributed by atoms with van der Waals surface area (Å²) in [5.74, 6) is 0.739. The Kier molecular flexibility index (Phi) is 1.82. The average Bonchev–Trinajstić information content (AvgIpc) is 2.55. The fourth-order valence-corrected chi connectivity index (χ4v) is 1.98. The topological polar surface area (TPSA) is 31.6 Å². The lowest BCUT2D eigenvalue weighted by molar-refractivity contribution is 0.693. The Labute approximate surface area is 71.0 Å². The van der Waals surface area contributed by atoms with Gasteiger partial charge in [-0.3, -0.25) is 5.10 Å². The normalized spacial score (nSPS) is 19.3. The summed E-state index contributed by atoms with van der Waals surface area (Å²) < 4.78 is 0.826. The average molecular weight is 168 g/mol. The zero-order chi connectivity index (χ0) is 7.68. The van der Waals surface area contributed by atoms with Crippen molar-refractivity contribution < 1.29 is 0 Å². The summed E-state index contributed by atoms with van der Waals surface area (Å²) in [5.41, 5.74) is 1.30. The van der Waals surface area contributed by atoms with E-state index in [1.165, 1.54) is 31.4 Å². The third-order valence-electron chi connectivity index (χ3n) is 2.41. The van der Waals surface area contributed by atoms with Gasteiger partial charge in [0.2, 0.25) is 0 Å². The fourth-order valence-electron chi connectivity index (χ4n) is 1.80. The Morgan fingerprint density at radius 2 is 2.00 bits per heavy atom. The van der Waals surface area contributed by atoms with Crippen LogP contribution in [0.4, 0.5) is 0 Å². The molecule has 2 nitrogen and oxygen atoms in total. The second-order valence-electron chi connectivity index (χ2n) is 3.20. The summed E-state index contributed by atoms with van der Waals surface area (Å²) in [4.78, 5) is 0. The SMILES string of the molecule is S=c1cc(C2CCCC2)[nH][nH]1. The first-order valence-electron chi connectivity index (χ1n) is 4.14. The second-order valence-corrected chi connectivity index (χ2v) is 3.64. The van der Waals surface area contributed by atoms with Crippen LogP contribution in [0.5, 0.6) is 0 Å². The number of aromatic amines is 2. The van der Waals surface area contributed by atoms with Crippen molar-refractivity contribution in [1.82, 2.24) is 10.2 Å². The Morgan fingerprint density at radius 1 is 1.27 bits per heavy atom. The molecule has 0 saturated heterocycles. The van der Waals surface area contributed by atoms with Crippen LogP contribution in [0.25, 0.3) is 0 Å². The van der Waals surface area contributed by atoms with Gasteiger partial charge in [-0.2, -0.15) is 0 Å². The van der Waals surface area contributed by atoms with Crippen LogP contribution in [0, 0.1) is 4.64 Å². The highest BCUT2D eigenvalue weighted by Crippen LogP contribution is 2.32. The molecule has 1 aliphatic carbocycles. The maximum absolute atomic E-state index is 4.98. The van der Waals surface area contributed by atoms with Gasteiger partial charge in [-0.25, -0.2) is 0 Å². The van der Waals surface area contributed by atoms with Crippen molar-refractivity contribution in [1.29, 1.82) is 0 Å². The zero-order valence-electron chi connectivity index (χ0n) is 6.39. The van der Waals surface area contributed by atoms with E-state index in [1.807, 2.05) is 6.07 Å². The minimum atomic E-state index is 0.739. The molecular weight excluding hydrogens is 156 g/mol.